The summed E-state index contributed by atoms with van der Waals surface area (Å²) in [6, 6.07) is 1.52. The maximum Gasteiger partial charge on any atom is 0.305 e. The van der Waals surface area contributed by atoms with E-state index in [9.17, 15) is 9.59 Å². The van der Waals surface area contributed by atoms with Gasteiger partial charge in [-0.2, -0.15) is 5.10 Å². The van der Waals surface area contributed by atoms with E-state index in [0.29, 0.717) is 6.42 Å². The Morgan fingerprint density at radius 3 is 3.00 bits per heavy atom. The normalized spacial score (nSPS) is 9.93. The first-order valence-corrected chi connectivity index (χ1v) is 4.83. The van der Waals surface area contributed by atoms with E-state index in [1.165, 1.54) is 13.2 Å². The fourth-order valence-corrected chi connectivity index (χ4v) is 1.25. The highest BCUT2D eigenvalue weighted by Crippen LogP contribution is 2.03. The van der Waals surface area contributed by atoms with Gasteiger partial charge in [-0.3, -0.25) is 9.59 Å². The van der Waals surface area contributed by atoms with Crippen molar-refractivity contribution < 1.29 is 9.53 Å². The lowest BCUT2D eigenvalue weighted by molar-refractivity contribution is -0.140. The van der Waals surface area contributed by atoms with Crippen LogP contribution in [0.25, 0.3) is 0 Å². The van der Waals surface area contributed by atoms with E-state index in [4.69, 9.17) is 0 Å². The Labute approximate surface area is 87.5 Å². The summed E-state index contributed by atoms with van der Waals surface area (Å²) in [5.41, 5.74) is 0.698. The summed E-state index contributed by atoms with van der Waals surface area (Å²) < 4.78 is 4.52. The molecule has 82 valence electrons. The van der Waals surface area contributed by atoms with Crippen molar-refractivity contribution in [2.24, 2.45) is 0 Å². The molecule has 0 aliphatic heterocycles. The van der Waals surface area contributed by atoms with Crippen LogP contribution in [0.3, 0.4) is 0 Å². The van der Waals surface area contributed by atoms with Crippen molar-refractivity contribution in [3.63, 3.8) is 0 Å². The van der Waals surface area contributed by atoms with Crippen LogP contribution in [0.4, 0.5) is 0 Å². The third-order valence-electron chi connectivity index (χ3n) is 2.05. The van der Waals surface area contributed by atoms with Crippen molar-refractivity contribution in [2.75, 3.05) is 7.11 Å². The highest BCUT2D eigenvalue weighted by atomic mass is 16.5. The van der Waals surface area contributed by atoms with Gasteiger partial charge < -0.3 is 4.74 Å². The molecule has 0 aromatic carbocycles. The maximum atomic E-state index is 10.9. The number of carbonyl (C=O) groups is 1. The van der Waals surface area contributed by atoms with Crippen molar-refractivity contribution in [1.82, 2.24) is 10.2 Å². The molecule has 0 saturated carbocycles. The van der Waals surface area contributed by atoms with Crippen LogP contribution in [0.2, 0.25) is 0 Å². The van der Waals surface area contributed by atoms with E-state index in [1.54, 1.807) is 6.20 Å². The van der Waals surface area contributed by atoms with Crippen molar-refractivity contribution in [3.8, 4) is 0 Å². The molecule has 5 nitrogen and oxygen atoms in total. The summed E-state index contributed by atoms with van der Waals surface area (Å²) in [7, 11) is 1.38. The monoisotopic (exact) mass is 210 g/mol. The smallest absolute Gasteiger partial charge is 0.305 e. The molecule has 0 atom stereocenters. The molecule has 0 spiro atoms. The number of H-pyrrole nitrogens is 1. The van der Waals surface area contributed by atoms with Gasteiger partial charge in [-0.05, 0) is 24.8 Å². The molecule has 1 aromatic rings. The minimum Gasteiger partial charge on any atom is -0.469 e. The van der Waals surface area contributed by atoms with Gasteiger partial charge in [0.05, 0.1) is 13.3 Å². The molecule has 0 fully saturated rings. The Balaban J connectivity index is 2.26. The first kappa shape index (κ1) is 11.4. The molecule has 1 rings (SSSR count). The number of methoxy groups -OCH3 is 1. The number of nitrogens with one attached hydrogen (secondary N) is 1. The molecule has 0 aliphatic carbocycles. The Bertz CT molecular complexity index is 373. The lowest BCUT2D eigenvalue weighted by Crippen LogP contribution is -2.07. The predicted molar refractivity (Wildman–Crippen MR) is 54.4 cm³/mol. The largest absolute Gasteiger partial charge is 0.469 e. The number of aromatic amines is 1. The van der Waals surface area contributed by atoms with Crippen LogP contribution >= 0.6 is 0 Å². The molecule has 5 heteroatoms. The highest BCUT2D eigenvalue weighted by Gasteiger charge is 2.00. The van der Waals surface area contributed by atoms with Gasteiger partial charge in [0, 0.05) is 12.5 Å². The number of carbonyl (C=O) groups excluding carboxylic acids is 1. The maximum absolute atomic E-state index is 10.9. The third-order valence-corrected chi connectivity index (χ3v) is 2.05. The van der Waals surface area contributed by atoms with E-state index in [0.717, 1.165) is 24.8 Å². The molecular formula is C10H14N2O3. The summed E-state index contributed by atoms with van der Waals surface area (Å²) in [6.45, 7) is 0. The van der Waals surface area contributed by atoms with Crippen molar-refractivity contribution in [3.05, 3.63) is 28.2 Å². The molecule has 0 saturated heterocycles. The average Bonchev–Trinajstić information content (AvgIpc) is 2.24. The van der Waals surface area contributed by atoms with E-state index < -0.39 is 0 Å². The van der Waals surface area contributed by atoms with E-state index in [2.05, 4.69) is 14.9 Å². The first-order chi connectivity index (χ1) is 7.22. The minimum absolute atomic E-state index is 0.194. The number of esters is 1. The molecule has 0 amide bonds. The number of hydrogen-bond acceptors (Lipinski definition) is 4. The molecular weight excluding hydrogens is 196 g/mol. The van der Waals surface area contributed by atoms with Crippen LogP contribution in [0.5, 0.6) is 0 Å². The van der Waals surface area contributed by atoms with Gasteiger partial charge in [0.15, 0.2) is 0 Å². The van der Waals surface area contributed by atoms with Crippen LogP contribution < -0.4 is 5.56 Å². The van der Waals surface area contributed by atoms with Gasteiger partial charge in [0.1, 0.15) is 0 Å². The Hall–Kier alpha value is -1.65. The molecule has 1 N–H and O–H groups in total. The second kappa shape index (κ2) is 5.95. The lowest BCUT2D eigenvalue weighted by atomic mass is 10.1. The van der Waals surface area contributed by atoms with Crippen molar-refractivity contribution in [1.29, 1.82) is 0 Å². The summed E-state index contributed by atoms with van der Waals surface area (Å²) in [6.07, 6.45) is 4.42. The standard InChI is InChI=1S/C10H14N2O3/c1-15-10(14)5-3-2-4-8-6-9(13)12-11-7-8/h6-7H,2-5H2,1H3,(H,12,13). The van der Waals surface area contributed by atoms with Crippen LogP contribution in [-0.4, -0.2) is 23.3 Å². The van der Waals surface area contributed by atoms with Gasteiger partial charge in [-0.1, -0.05) is 0 Å². The summed E-state index contributed by atoms with van der Waals surface area (Å²) in [5.74, 6) is -0.195. The number of nitrogens with zero attached hydrogens (tertiary/aromatic N) is 1. The van der Waals surface area contributed by atoms with Gasteiger partial charge in [0.2, 0.25) is 0 Å². The number of unbranched alkanes of at least 4 members (excludes halogenated alkanes) is 1. The van der Waals surface area contributed by atoms with Crippen LogP contribution in [0.1, 0.15) is 24.8 Å². The van der Waals surface area contributed by atoms with Gasteiger partial charge in [0.25, 0.3) is 5.56 Å². The average molecular weight is 210 g/mol. The fraction of sp³-hybridized carbons (Fsp3) is 0.500. The fourth-order valence-electron chi connectivity index (χ4n) is 1.25. The second-order valence-corrected chi connectivity index (χ2v) is 3.24. The van der Waals surface area contributed by atoms with Crippen LogP contribution in [0, 0.1) is 0 Å². The molecule has 0 bridgehead atoms. The van der Waals surface area contributed by atoms with Crippen molar-refractivity contribution >= 4 is 5.97 Å². The quantitative estimate of drug-likeness (QED) is 0.572. The van der Waals surface area contributed by atoms with E-state index in [1.807, 2.05) is 0 Å². The van der Waals surface area contributed by atoms with Gasteiger partial charge >= 0.3 is 5.97 Å². The van der Waals surface area contributed by atoms with Gasteiger partial charge in [-0.25, -0.2) is 5.10 Å². The van der Waals surface area contributed by atoms with Crippen molar-refractivity contribution in [2.45, 2.75) is 25.7 Å². The van der Waals surface area contributed by atoms with E-state index in [-0.39, 0.29) is 11.5 Å². The second-order valence-electron chi connectivity index (χ2n) is 3.24. The zero-order valence-corrected chi connectivity index (χ0v) is 8.66. The first-order valence-electron chi connectivity index (χ1n) is 4.83. The van der Waals surface area contributed by atoms with Crippen LogP contribution in [-0.2, 0) is 16.0 Å². The zero-order chi connectivity index (χ0) is 11.1. The lowest BCUT2D eigenvalue weighted by Gasteiger charge is -1.99. The number of ether oxygens (including phenoxy) is 1. The molecule has 1 heterocycles. The zero-order valence-electron chi connectivity index (χ0n) is 8.66. The third kappa shape index (κ3) is 4.39. The van der Waals surface area contributed by atoms with Gasteiger partial charge in [-0.15, -0.1) is 0 Å². The SMILES string of the molecule is COC(=O)CCCCc1cn[nH]c(=O)c1. The number of hydrogen-bond donors (Lipinski definition) is 1. The number of aromatic nitrogens is 2. The Kier molecular flexibility index (Phi) is 4.53. The molecule has 1 aromatic heterocycles. The predicted octanol–water partition coefficient (Wildman–Crippen LogP) is 0.656. The summed E-state index contributed by atoms with van der Waals surface area (Å²) in [4.78, 5) is 21.7. The number of aryl methyl sites for hydroxylation is 1. The highest BCUT2D eigenvalue weighted by molar-refractivity contribution is 5.68. The topological polar surface area (TPSA) is 72.0 Å². The molecule has 0 radical (unpaired) electrons. The summed E-state index contributed by atoms with van der Waals surface area (Å²) >= 11 is 0. The minimum atomic E-state index is -0.195. The Morgan fingerprint density at radius 1 is 1.53 bits per heavy atom. The van der Waals surface area contributed by atoms with E-state index >= 15 is 0 Å². The molecule has 15 heavy (non-hydrogen) atoms. The Morgan fingerprint density at radius 2 is 2.33 bits per heavy atom. The number of rotatable bonds is 5. The summed E-state index contributed by atoms with van der Waals surface area (Å²) in [5, 5.41) is 5.99. The molecule has 0 unspecified atom stereocenters. The molecule has 0 aliphatic rings. The van der Waals surface area contributed by atoms with Crippen LogP contribution in [0.15, 0.2) is 17.1 Å².